The number of aromatic nitrogens is 1. The molecule has 0 aliphatic heterocycles. The maximum absolute atomic E-state index is 12.2. The number of rotatable bonds is 4. The zero-order chi connectivity index (χ0) is 15.1. The Hall–Kier alpha value is -1.62. The molecule has 0 saturated heterocycles. The van der Waals surface area contributed by atoms with Crippen LogP contribution in [0.5, 0.6) is 0 Å². The zero-order valence-electron chi connectivity index (χ0n) is 12.9. The van der Waals surface area contributed by atoms with Crippen molar-refractivity contribution in [3.05, 3.63) is 23.4 Å². The zero-order valence-corrected chi connectivity index (χ0v) is 12.9. The van der Waals surface area contributed by atoms with Crippen LogP contribution in [0.4, 0.5) is 5.82 Å². The molecule has 4 N–H and O–H groups in total. The second-order valence-corrected chi connectivity index (χ2v) is 6.73. The van der Waals surface area contributed by atoms with Crippen molar-refractivity contribution in [1.82, 2.24) is 10.3 Å². The van der Waals surface area contributed by atoms with Gasteiger partial charge in [-0.2, -0.15) is 0 Å². The Morgan fingerprint density at radius 3 is 2.40 bits per heavy atom. The molecule has 0 unspecified atom stereocenters. The number of hydrazine groups is 1. The van der Waals surface area contributed by atoms with Gasteiger partial charge in [0.15, 0.2) is 0 Å². The number of hydrogen-bond acceptors (Lipinski definition) is 4. The van der Waals surface area contributed by atoms with Gasteiger partial charge in [-0.25, -0.2) is 10.8 Å². The lowest BCUT2D eigenvalue weighted by Gasteiger charge is -2.08. The summed E-state index contributed by atoms with van der Waals surface area (Å²) in [5, 5.41) is 3.02. The van der Waals surface area contributed by atoms with Crippen molar-refractivity contribution in [1.29, 1.82) is 0 Å². The van der Waals surface area contributed by atoms with Gasteiger partial charge in [0.05, 0.1) is 0 Å². The Morgan fingerprint density at radius 2 is 1.90 bits per heavy atom. The molecule has 20 heavy (non-hydrogen) atoms. The Labute approximate surface area is 120 Å². The normalized spacial score (nSPS) is 19.5. The van der Waals surface area contributed by atoms with Crippen LogP contribution in [0, 0.1) is 23.7 Å². The van der Waals surface area contributed by atoms with Gasteiger partial charge in [-0.05, 0) is 35.8 Å². The number of amides is 1. The topological polar surface area (TPSA) is 80.0 Å². The van der Waals surface area contributed by atoms with Gasteiger partial charge in [-0.15, -0.1) is 0 Å². The number of nitrogens with one attached hydrogen (secondary N) is 2. The third-order valence-electron chi connectivity index (χ3n) is 5.15. The van der Waals surface area contributed by atoms with Crippen LogP contribution in [0.3, 0.4) is 0 Å². The minimum Gasteiger partial charge on any atom is -0.352 e. The standard InChI is InChI=1S/C15H24N4O/c1-9-6-10(7-12(18-9)19-16)13(20)17-8-11-14(2,3)15(11,4)5/h6-7,11H,8,16H2,1-5H3,(H,17,20)(H,18,19). The summed E-state index contributed by atoms with van der Waals surface area (Å²) in [4.78, 5) is 16.4. The second-order valence-electron chi connectivity index (χ2n) is 6.73. The molecule has 0 atom stereocenters. The summed E-state index contributed by atoms with van der Waals surface area (Å²) in [6.45, 7) is 11.5. The molecule has 1 amide bonds. The summed E-state index contributed by atoms with van der Waals surface area (Å²) in [6.07, 6.45) is 0. The quantitative estimate of drug-likeness (QED) is 0.581. The first-order chi connectivity index (χ1) is 9.20. The molecular formula is C15H24N4O. The molecule has 110 valence electrons. The van der Waals surface area contributed by atoms with Crippen molar-refractivity contribution in [3.63, 3.8) is 0 Å². The van der Waals surface area contributed by atoms with E-state index in [9.17, 15) is 4.79 Å². The fourth-order valence-electron chi connectivity index (χ4n) is 3.01. The van der Waals surface area contributed by atoms with Crippen LogP contribution in [0.25, 0.3) is 0 Å². The fraction of sp³-hybridized carbons (Fsp3) is 0.600. The Kier molecular flexibility index (Phi) is 3.50. The van der Waals surface area contributed by atoms with Crippen molar-refractivity contribution < 1.29 is 4.79 Å². The van der Waals surface area contributed by atoms with Crippen molar-refractivity contribution >= 4 is 11.7 Å². The lowest BCUT2D eigenvalue weighted by molar-refractivity contribution is 0.0949. The molecule has 1 aliphatic carbocycles. The van der Waals surface area contributed by atoms with Gasteiger partial charge < -0.3 is 10.7 Å². The number of aryl methyl sites for hydroxylation is 1. The molecule has 2 rings (SSSR count). The molecule has 1 aromatic rings. The molecule has 0 spiro atoms. The fourth-order valence-corrected chi connectivity index (χ4v) is 3.01. The van der Waals surface area contributed by atoms with Gasteiger partial charge >= 0.3 is 0 Å². The first-order valence-corrected chi connectivity index (χ1v) is 6.93. The maximum atomic E-state index is 12.2. The highest BCUT2D eigenvalue weighted by molar-refractivity contribution is 5.95. The monoisotopic (exact) mass is 276 g/mol. The smallest absolute Gasteiger partial charge is 0.251 e. The first kappa shape index (κ1) is 14.8. The van der Waals surface area contributed by atoms with E-state index >= 15 is 0 Å². The molecular weight excluding hydrogens is 252 g/mol. The Bertz CT molecular complexity index is 523. The van der Waals surface area contributed by atoms with E-state index in [1.807, 2.05) is 6.92 Å². The molecule has 0 bridgehead atoms. The van der Waals surface area contributed by atoms with E-state index < -0.39 is 0 Å². The second kappa shape index (κ2) is 4.74. The minimum absolute atomic E-state index is 0.0782. The summed E-state index contributed by atoms with van der Waals surface area (Å²) in [5.74, 6) is 6.28. The average molecular weight is 276 g/mol. The molecule has 5 heteroatoms. The SMILES string of the molecule is Cc1cc(C(=O)NCC2C(C)(C)C2(C)C)cc(NN)n1. The maximum Gasteiger partial charge on any atom is 0.251 e. The number of hydrogen-bond donors (Lipinski definition) is 3. The summed E-state index contributed by atoms with van der Waals surface area (Å²) in [7, 11) is 0. The summed E-state index contributed by atoms with van der Waals surface area (Å²) in [6, 6.07) is 3.42. The third kappa shape index (κ3) is 2.38. The van der Waals surface area contributed by atoms with Crippen LogP contribution in [0.1, 0.15) is 43.7 Å². The van der Waals surface area contributed by atoms with E-state index in [4.69, 9.17) is 5.84 Å². The lowest BCUT2D eigenvalue weighted by Crippen LogP contribution is -2.27. The Morgan fingerprint density at radius 1 is 1.30 bits per heavy atom. The van der Waals surface area contributed by atoms with Crippen LogP contribution >= 0.6 is 0 Å². The van der Waals surface area contributed by atoms with E-state index in [2.05, 4.69) is 43.4 Å². The highest BCUT2D eigenvalue weighted by Crippen LogP contribution is 2.67. The lowest BCUT2D eigenvalue weighted by atomic mass is 10.0. The minimum atomic E-state index is -0.0782. The van der Waals surface area contributed by atoms with Crippen molar-refractivity contribution in [3.8, 4) is 0 Å². The summed E-state index contributed by atoms with van der Waals surface area (Å²) >= 11 is 0. The predicted octanol–water partition coefficient (Wildman–Crippen LogP) is 2.09. The van der Waals surface area contributed by atoms with E-state index in [1.165, 1.54) is 0 Å². The van der Waals surface area contributed by atoms with E-state index in [1.54, 1.807) is 12.1 Å². The number of pyridine rings is 1. The number of nitrogen functional groups attached to an aromatic ring is 1. The van der Waals surface area contributed by atoms with Crippen molar-refractivity contribution in [2.45, 2.75) is 34.6 Å². The predicted molar refractivity (Wildman–Crippen MR) is 80.2 cm³/mol. The number of nitrogens with zero attached hydrogens (tertiary/aromatic N) is 1. The van der Waals surface area contributed by atoms with Gasteiger partial charge in [-0.3, -0.25) is 4.79 Å². The van der Waals surface area contributed by atoms with Gasteiger partial charge in [0.2, 0.25) is 0 Å². The van der Waals surface area contributed by atoms with E-state index in [0.29, 0.717) is 23.8 Å². The molecule has 1 saturated carbocycles. The molecule has 1 aliphatic rings. The molecule has 1 aromatic heterocycles. The molecule has 1 fully saturated rings. The van der Waals surface area contributed by atoms with Crippen LogP contribution in [-0.4, -0.2) is 17.4 Å². The van der Waals surface area contributed by atoms with E-state index in [-0.39, 0.29) is 16.7 Å². The number of anilines is 1. The highest BCUT2D eigenvalue weighted by atomic mass is 16.1. The third-order valence-corrected chi connectivity index (χ3v) is 5.15. The summed E-state index contributed by atoms with van der Waals surface area (Å²) in [5.41, 5.74) is 4.37. The summed E-state index contributed by atoms with van der Waals surface area (Å²) < 4.78 is 0. The number of carbonyl (C=O) groups is 1. The molecule has 1 heterocycles. The van der Waals surface area contributed by atoms with Gasteiger partial charge in [0.1, 0.15) is 5.82 Å². The van der Waals surface area contributed by atoms with E-state index in [0.717, 1.165) is 5.69 Å². The molecule has 0 radical (unpaired) electrons. The number of nitrogens with two attached hydrogens (primary N) is 1. The number of carbonyl (C=O) groups excluding carboxylic acids is 1. The van der Waals surface area contributed by atoms with Crippen LogP contribution < -0.4 is 16.6 Å². The van der Waals surface area contributed by atoms with Crippen molar-refractivity contribution in [2.24, 2.45) is 22.6 Å². The average Bonchev–Trinajstić information content (AvgIpc) is 2.76. The largest absolute Gasteiger partial charge is 0.352 e. The van der Waals surface area contributed by atoms with Gasteiger partial charge in [0, 0.05) is 17.8 Å². The Balaban J connectivity index is 2.02. The van der Waals surface area contributed by atoms with Crippen LogP contribution in [0.15, 0.2) is 12.1 Å². The molecule has 5 nitrogen and oxygen atoms in total. The van der Waals surface area contributed by atoms with Gasteiger partial charge in [0.25, 0.3) is 5.91 Å². The first-order valence-electron chi connectivity index (χ1n) is 6.93. The molecule has 0 aromatic carbocycles. The highest BCUT2D eigenvalue weighted by Gasteiger charge is 2.64. The van der Waals surface area contributed by atoms with Crippen LogP contribution in [0.2, 0.25) is 0 Å². The van der Waals surface area contributed by atoms with Crippen molar-refractivity contribution in [2.75, 3.05) is 12.0 Å². The van der Waals surface area contributed by atoms with Crippen LogP contribution in [-0.2, 0) is 0 Å². The van der Waals surface area contributed by atoms with Gasteiger partial charge in [-0.1, -0.05) is 27.7 Å².